The molecule has 0 aromatic heterocycles. The van der Waals surface area contributed by atoms with Crippen LogP contribution in [0.3, 0.4) is 0 Å². The minimum absolute atomic E-state index is 0.00162. The molecule has 0 aliphatic heterocycles. The van der Waals surface area contributed by atoms with Gasteiger partial charge in [0.05, 0.1) is 0 Å². The number of likely N-dealkylation sites (N-methyl/N-ethyl adjacent to an activating group) is 1. The van der Waals surface area contributed by atoms with Crippen LogP contribution in [0.1, 0.15) is 97.8 Å². The van der Waals surface area contributed by atoms with E-state index in [-0.39, 0.29) is 25.0 Å². The number of carbonyl (C=O) groups excluding carboxylic acids is 2. The van der Waals surface area contributed by atoms with E-state index in [1.807, 2.05) is 18.9 Å². The van der Waals surface area contributed by atoms with E-state index in [4.69, 9.17) is 4.74 Å². The molecule has 5 heteroatoms. The predicted molar refractivity (Wildman–Crippen MR) is 125 cm³/mol. The van der Waals surface area contributed by atoms with E-state index in [1.165, 1.54) is 25.7 Å². The van der Waals surface area contributed by atoms with Crippen LogP contribution in [0.4, 0.5) is 0 Å². The zero-order valence-corrected chi connectivity index (χ0v) is 20.1. The van der Waals surface area contributed by atoms with Crippen LogP contribution in [0.25, 0.3) is 0 Å². The molecule has 0 rings (SSSR count). The Hall–Kier alpha value is -1.54. The first-order chi connectivity index (χ1) is 14.6. The van der Waals surface area contributed by atoms with Gasteiger partial charge in [0.2, 0.25) is 11.8 Å². The van der Waals surface area contributed by atoms with Gasteiger partial charge in [0.15, 0.2) is 0 Å². The second-order valence-corrected chi connectivity index (χ2v) is 8.05. The maximum Gasteiger partial charge on any atom is 0.248 e. The average molecular weight is 423 g/mol. The molecule has 0 heterocycles. The van der Waals surface area contributed by atoms with E-state index in [1.54, 1.807) is 4.90 Å². The molecule has 0 fully saturated rings. The summed E-state index contributed by atoms with van der Waals surface area (Å²) in [5, 5.41) is 0. The van der Waals surface area contributed by atoms with Crippen molar-refractivity contribution in [2.24, 2.45) is 0 Å². The van der Waals surface area contributed by atoms with Crippen molar-refractivity contribution in [2.45, 2.75) is 97.8 Å². The van der Waals surface area contributed by atoms with Crippen LogP contribution >= 0.6 is 0 Å². The maximum absolute atomic E-state index is 12.6. The summed E-state index contributed by atoms with van der Waals surface area (Å²) in [6.07, 6.45) is 13.2. The fourth-order valence-electron chi connectivity index (χ4n) is 3.24. The van der Waals surface area contributed by atoms with E-state index in [2.05, 4.69) is 25.7 Å². The number of rotatable bonds is 19. The Labute approximate surface area is 185 Å². The standard InChI is InChI=1S/C25H46N2O3/c1-5-8-11-14-15-18-21-27(20-17-13-10-7-3)25(29)23-30-22-24(28)26(4)19-16-12-9-6-2/h6-7,9-23H2,1-4H3. The molecule has 30 heavy (non-hydrogen) atoms. The second-order valence-electron chi connectivity index (χ2n) is 8.05. The highest BCUT2D eigenvalue weighted by atomic mass is 16.5. The maximum atomic E-state index is 12.6. The number of hydrogen-bond donors (Lipinski definition) is 0. The summed E-state index contributed by atoms with van der Waals surface area (Å²) in [5.41, 5.74) is 0. The molecule has 174 valence electrons. The van der Waals surface area contributed by atoms with Crippen LogP contribution in [0.5, 0.6) is 0 Å². The SMILES string of the molecule is CC#CCCCCCN(CCCCCC)C(=O)COCC(=O)N(C)CCCCCC. The third kappa shape index (κ3) is 16.3. The van der Waals surface area contributed by atoms with E-state index in [9.17, 15) is 9.59 Å². The van der Waals surface area contributed by atoms with Crippen LogP contribution in [-0.4, -0.2) is 61.5 Å². The number of hydrogen-bond acceptors (Lipinski definition) is 3. The Morgan fingerprint density at radius 1 is 0.733 bits per heavy atom. The molecule has 5 nitrogen and oxygen atoms in total. The van der Waals surface area contributed by atoms with Gasteiger partial charge in [-0.25, -0.2) is 0 Å². The third-order valence-electron chi connectivity index (χ3n) is 5.26. The normalized spacial score (nSPS) is 10.4. The van der Waals surface area contributed by atoms with Crippen molar-refractivity contribution >= 4 is 11.8 Å². The first kappa shape index (κ1) is 28.5. The van der Waals surface area contributed by atoms with Gasteiger partial charge < -0.3 is 14.5 Å². The van der Waals surface area contributed by atoms with Crippen LogP contribution in [0.2, 0.25) is 0 Å². The molecule has 0 atom stereocenters. The molecule has 0 aromatic carbocycles. The molecule has 0 aliphatic rings. The number of carbonyl (C=O) groups is 2. The summed E-state index contributed by atoms with van der Waals surface area (Å²) in [6.45, 7) is 8.50. The Morgan fingerprint density at radius 2 is 1.27 bits per heavy atom. The van der Waals surface area contributed by atoms with Crippen molar-refractivity contribution in [1.29, 1.82) is 0 Å². The van der Waals surface area contributed by atoms with Gasteiger partial charge in [0, 0.05) is 33.1 Å². The first-order valence-corrected chi connectivity index (χ1v) is 12.1. The third-order valence-corrected chi connectivity index (χ3v) is 5.26. The summed E-state index contributed by atoms with van der Waals surface area (Å²) in [7, 11) is 1.81. The number of unbranched alkanes of at least 4 members (excludes halogenated alkanes) is 9. The second kappa shape index (κ2) is 20.7. The smallest absolute Gasteiger partial charge is 0.248 e. The van der Waals surface area contributed by atoms with E-state index < -0.39 is 0 Å². The highest BCUT2D eigenvalue weighted by molar-refractivity contribution is 5.79. The lowest BCUT2D eigenvalue weighted by Gasteiger charge is -2.23. The van der Waals surface area contributed by atoms with Crippen molar-refractivity contribution in [1.82, 2.24) is 9.80 Å². The average Bonchev–Trinajstić information content (AvgIpc) is 2.74. The number of ether oxygens (including phenoxy) is 1. The van der Waals surface area contributed by atoms with Crippen LogP contribution in [0, 0.1) is 11.8 Å². The molecule has 0 N–H and O–H groups in total. The molecule has 0 bridgehead atoms. The highest BCUT2D eigenvalue weighted by Gasteiger charge is 2.15. The summed E-state index contributed by atoms with van der Waals surface area (Å²) in [6, 6.07) is 0. The molecule has 0 aromatic rings. The van der Waals surface area contributed by atoms with Gasteiger partial charge >= 0.3 is 0 Å². The Bertz CT molecular complexity index is 496. The largest absolute Gasteiger partial charge is 0.362 e. The fourth-order valence-corrected chi connectivity index (χ4v) is 3.24. The molecular formula is C25H46N2O3. The van der Waals surface area contributed by atoms with Gasteiger partial charge in [-0.3, -0.25) is 9.59 Å². The summed E-state index contributed by atoms with van der Waals surface area (Å²) < 4.78 is 5.47. The summed E-state index contributed by atoms with van der Waals surface area (Å²) >= 11 is 0. The van der Waals surface area contributed by atoms with Gasteiger partial charge in [-0.2, -0.15) is 0 Å². The quantitative estimate of drug-likeness (QED) is 0.217. The minimum atomic E-state index is -0.0502. The topological polar surface area (TPSA) is 49.9 Å². The summed E-state index contributed by atoms with van der Waals surface area (Å²) in [4.78, 5) is 28.4. The lowest BCUT2D eigenvalue weighted by atomic mass is 10.1. The minimum Gasteiger partial charge on any atom is -0.362 e. The number of nitrogens with zero attached hydrogens (tertiary/aromatic N) is 2. The monoisotopic (exact) mass is 422 g/mol. The van der Waals surface area contributed by atoms with Crippen LogP contribution in [-0.2, 0) is 14.3 Å². The van der Waals surface area contributed by atoms with E-state index in [0.717, 1.165) is 71.0 Å². The molecular weight excluding hydrogens is 376 g/mol. The molecule has 0 saturated heterocycles. The van der Waals surface area contributed by atoms with Gasteiger partial charge in [-0.05, 0) is 32.6 Å². The van der Waals surface area contributed by atoms with E-state index >= 15 is 0 Å². The van der Waals surface area contributed by atoms with Crippen LogP contribution in [0.15, 0.2) is 0 Å². The van der Waals surface area contributed by atoms with Gasteiger partial charge in [0.1, 0.15) is 13.2 Å². The van der Waals surface area contributed by atoms with Crippen molar-refractivity contribution in [3.8, 4) is 11.8 Å². The lowest BCUT2D eigenvalue weighted by Crippen LogP contribution is -2.37. The first-order valence-electron chi connectivity index (χ1n) is 12.1. The van der Waals surface area contributed by atoms with Gasteiger partial charge in [-0.15, -0.1) is 11.8 Å². The highest BCUT2D eigenvalue weighted by Crippen LogP contribution is 2.06. The zero-order valence-electron chi connectivity index (χ0n) is 20.1. The number of amides is 2. The zero-order chi connectivity index (χ0) is 22.5. The molecule has 0 saturated carbocycles. The Morgan fingerprint density at radius 3 is 1.83 bits per heavy atom. The molecule has 0 aliphatic carbocycles. The molecule has 0 spiro atoms. The summed E-state index contributed by atoms with van der Waals surface area (Å²) in [5.74, 6) is 5.96. The lowest BCUT2D eigenvalue weighted by molar-refractivity contribution is -0.141. The van der Waals surface area contributed by atoms with Crippen LogP contribution < -0.4 is 0 Å². The van der Waals surface area contributed by atoms with Gasteiger partial charge in [0.25, 0.3) is 0 Å². The van der Waals surface area contributed by atoms with Crippen molar-refractivity contribution in [3.63, 3.8) is 0 Å². The van der Waals surface area contributed by atoms with Crippen molar-refractivity contribution < 1.29 is 14.3 Å². The van der Waals surface area contributed by atoms with Crippen molar-refractivity contribution in [3.05, 3.63) is 0 Å². The molecule has 2 amide bonds. The fraction of sp³-hybridized carbons (Fsp3) is 0.840. The van der Waals surface area contributed by atoms with Gasteiger partial charge in [-0.1, -0.05) is 58.8 Å². The Kier molecular flexibility index (Phi) is 19.7. The molecule has 0 radical (unpaired) electrons. The Balaban J connectivity index is 4.25. The predicted octanol–water partition coefficient (Wildman–Crippen LogP) is 5.03. The van der Waals surface area contributed by atoms with E-state index in [0.29, 0.717) is 0 Å². The van der Waals surface area contributed by atoms with Crippen molar-refractivity contribution in [2.75, 3.05) is 39.9 Å². The molecule has 0 unspecified atom stereocenters.